The minimum atomic E-state index is -0.297. The van der Waals surface area contributed by atoms with Crippen molar-refractivity contribution in [3.63, 3.8) is 0 Å². The van der Waals surface area contributed by atoms with Crippen LogP contribution in [-0.2, 0) is 0 Å². The quantitative estimate of drug-likeness (QED) is 0.857. The molecule has 1 aromatic rings. The van der Waals surface area contributed by atoms with Gasteiger partial charge in [0.05, 0.1) is 5.69 Å². The van der Waals surface area contributed by atoms with Crippen molar-refractivity contribution in [3.05, 3.63) is 30.5 Å². The van der Waals surface area contributed by atoms with Crippen LogP contribution in [0.25, 0.3) is 0 Å². The van der Waals surface area contributed by atoms with Gasteiger partial charge in [-0.2, -0.15) is 0 Å². The second-order valence-corrected chi connectivity index (χ2v) is 5.62. The molecule has 1 aliphatic heterocycles. The van der Waals surface area contributed by atoms with E-state index < -0.39 is 0 Å². The summed E-state index contributed by atoms with van der Waals surface area (Å²) in [5, 5.41) is 2.75. The first-order chi connectivity index (χ1) is 10.7. The van der Waals surface area contributed by atoms with Crippen LogP contribution >= 0.6 is 0 Å². The van der Waals surface area contributed by atoms with Gasteiger partial charge in [0, 0.05) is 38.6 Å². The van der Waals surface area contributed by atoms with Gasteiger partial charge in [-0.05, 0) is 12.8 Å². The van der Waals surface area contributed by atoms with Crippen LogP contribution < -0.4 is 10.2 Å². The van der Waals surface area contributed by atoms with Crippen LogP contribution in [0.2, 0.25) is 0 Å². The molecule has 0 radical (unpaired) electrons. The van der Waals surface area contributed by atoms with Gasteiger partial charge in [0.25, 0.3) is 0 Å². The molecule has 1 saturated carbocycles. The maximum absolute atomic E-state index is 14.5. The average molecular weight is 305 g/mol. The summed E-state index contributed by atoms with van der Waals surface area (Å²) >= 11 is 0. The van der Waals surface area contributed by atoms with Crippen molar-refractivity contribution in [1.29, 1.82) is 0 Å². The number of nitrogens with one attached hydrogen (secondary N) is 1. The third kappa shape index (κ3) is 3.03. The number of hydrogen-bond acceptors (Lipinski definition) is 4. The third-order valence-electron chi connectivity index (χ3n) is 4.03. The number of amides is 2. The van der Waals surface area contributed by atoms with Crippen LogP contribution in [-0.4, -0.2) is 53.6 Å². The number of nitrogens with zero attached hydrogens (tertiary/aromatic N) is 4. The lowest BCUT2D eigenvalue weighted by molar-refractivity contribution is 0.195. The van der Waals surface area contributed by atoms with E-state index in [1.165, 1.54) is 6.33 Å². The summed E-state index contributed by atoms with van der Waals surface area (Å²) in [4.78, 5) is 23.7. The summed E-state index contributed by atoms with van der Waals surface area (Å²) in [6.45, 7) is 6.25. The van der Waals surface area contributed by atoms with E-state index in [-0.39, 0.29) is 17.8 Å². The smallest absolute Gasteiger partial charge is 0.317 e. The molecule has 0 spiro atoms. The lowest BCUT2D eigenvalue weighted by atomic mass is 10.2. The second-order valence-electron chi connectivity index (χ2n) is 5.62. The molecule has 1 aliphatic carbocycles. The van der Waals surface area contributed by atoms with Gasteiger partial charge in [0.1, 0.15) is 6.33 Å². The van der Waals surface area contributed by atoms with E-state index in [1.54, 1.807) is 11.0 Å². The highest BCUT2D eigenvalue weighted by molar-refractivity contribution is 5.74. The van der Waals surface area contributed by atoms with Crippen LogP contribution in [0.15, 0.2) is 19.0 Å². The van der Waals surface area contributed by atoms with Crippen molar-refractivity contribution < 1.29 is 9.18 Å². The topological polar surface area (TPSA) is 61.4 Å². The highest BCUT2D eigenvalue weighted by Gasteiger charge is 2.31. The first-order valence-electron chi connectivity index (χ1n) is 7.59. The number of urea groups is 1. The predicted molar refractivity (Wildman–Crippen MR) is 81.3 cm³/mol. The fourth-order valence-electron chi connectivity index (χ4n) is 2.63. The van der Waals surface area contributed by atoms with Crippen molar-refractivity contribution in [2.45, 2.75) is 18.8 Å². The van der Waals surface area contributed by atoms with E-state index in [9.17, 15) is 9.18 Å². The van der Waals surface area contributed by atoms with Crippen molar-refractivity contribution in [3.8, 4) is 0 Å². The number of carbonyl (C=O) groups is 1. The third-order valence-corrected chi connectivity index (χ3v) is 4.03. The van der Waals surface area contributed by atoms with E-state index >= 15 is 0 Å². The molecule has 2 amide bonds. The molecule has 3 rings (SSSR count). The van der Waals surface area contributed by atoms with Gasteiger partial charge in [0.2, 0.25) is 0 Å². The summed E-state index contributed by atoms with van der Waals surface area (Å²) in [6, 6.07) is -0.110. The molecule has 2 heterocycles. The minimum absolute atomic E-state index is 0.110. The van der Waals surface area contributed by atoms with Gasteiger partial charge in [0.15, 0.2) is 11.6 Å². The lowest BCUT2D eigenvalue weighted by Crippen LogP contribution is -2.52. The van der Waals surface area contributed by atoms with E-state index in [4.69, 9.17) is 0 Å². The number of piperazine rings is 1. The van der Waals surface area contributed by atoms with Gasteiger partial charge >= 0.3 is 6.03 Å². The Morgan fingerprint density at radius 2 is 2.09 bits per heavy atom. The van der Waals surface area contributed by atoms with Crippen LogP contribution in [0, 0.1) is 5.82 Å². The molecule has 7 heteroatoms. The largest absolute Gasteiger partial charge is 0.351 e. The van der Waals surface area contributed by atoms with Crippen LogP contribution in [0.3, 0.4) is 0 Å². The van der Waals surface area contributed by atoms with Gasteiger partial charge < -0.3 is 15.1 Å². The number of rotatable bonds is 4. The Hall–Kier alpha value is -2.18. The fourth-order valence-corrected chi connectivity index (χ4v) is 2.63. The predicted octanol–water partition coefficient (Wildman–Crippen LogP) is 1.51. The number of anilines is 1. The van der Waals surface area contributed by atoms with E-state index in [0.29, 0.717) is 44.2 Å². The molecular formula is C15H20FN5O. The van der Waals surface area contributed by atoms with E-state index in [2.05, 4.69) is 21.9 Å². The van der Waals surface area contributed by atoms with Gasteiger partial charge in [-0.25, -0.2) is 19.2 Å². The van der Waals surface area contributed by atoms with Crippen LogP contribution in [0.4, 0.5) is 15.0 Å². The summed E-state index contributed by atoms with van der Waals surface area (Å²) in [5.41, 5.74) is 0.538. The molecule has 1 N–H and O–H groups in total. The Balaban J connectivity index is 1.63. The van der Waals surface area contributed by atoms with Crippen LogP contribution in [0.1, 0.15) is 24.5 Å². The van der Waals surface area contributed by atoms with Gasteiger partial charge in [-0.3, -0.25) is 0 Å². The Morgan fingerprint density at radius 1 is 1.36 bits per heavy atom. The monoisotopic (exact) mass is 305 g/mol. The molecule has 1 saturated heterocycles. The molecule has 6 nitrogen and oxygen atoms in total. The SMILES string of the molecule is C=CCNC(=O)N1CCN(c2ncnc(C3CC3)c2F)CC1. The molecular weight excluding hydrogens is 285 g/mol. The Bertz CT molecular complexity index is 567. The maximum Gasteiger partial charge on any atom is 0.317 e. The van der Waals surface area contributed by atoms with E-state index in [1.807, 2.05) is 4.90 Å². The summed E-state index contributed by atoms with van der Waals surface area (Å²) in [7, 11) is 0. The van der Waals surface area contributed by atoms with Gasteiger partial charge in [-0.15, -0.1) is 6.58 Å². The number of halogens is 1. The molecule has 0 bridgehead atoms. The molecule has 118 valence electrons. The molecule has 0 unspecified atom stereocenters. The molecule has 22 heavy (non-hydrogen) atoms. The molecule has 2 fully saturated rings. The zero-order valence-electron chi connectivity index (χ0n) is 12.5. The standard InChI is InChI=1S/C15H20FN5O/c1-2-5-17-15(22)21-8-6-20(7-9-21)14-12(16)13(11-3-4-11)18-10-19-14/h2,10-11H,1,3-9H2,(H,17,22). The lowest BCUT2D eigenvalue weighted by Gasteiger charge is -2.35. The molecule has 1 aromatic heterocycles. The van der Waals surface area contributed by atoms with Crippen molar-refractivity contribution >= 4 is 11.8 Å². The first kappa shape index (κ1) is 14.7. The van der Waals surface area contributed by atoms with E-state index in [0.717, 1.165) is 12.8 Å². The maximum atomic E-state index is 14.5. The minimum Gasteiger partial charge on any atom is -0.351 e. The highest BCUT2D eigenvalue weighted by atomic mass is 19.1. The van der Waals surface area contributed by atoms with Crippen molar-refractivity contribution in [1.82, 2.24) is 20.2 Å². The number of hydrogen-bond donors (Lipinski definition) is 1. The molecule has 0 atom stereocenters. The average Bonchev–Trinajstić information content (AvgIpc) is 3.38. The van der Waals surface area contributed by atoms with Crippen LogP contribution in [0.5, 0.6) is 0 Å². The Labute approximate surface area is 129 Å². The fraction of sp³-hybridized carbons (Fsp3) is 0.533. The van der Waals surface area contributed by atoms with Crippen molar-refractivity contribution in [2.75, 3.05) is 37.6 Å². The number of aromatic nitrogens is 2. The number of carbonyl (C=O) groups excluding carboxylic acids is 1. The normalized spacial score (nSPS) is 18.2. The van der Waals surface area contributed by atoms with Crippen molar-refractivity contribution in [2.24, 2.45) is 0 Å². The zero-order chi connectivity index (χ0) is 15.5. The summed E-state index contributed by atoms with van der Waals surface area (Å²) < 4.78 is 14.5. The highest BCUT2D eigenvalue weighted by Crippen LogP contribution is 2.41. The summed E-state index contributed by atoms with van der Waals surface area (Å²) in [5.74, 6) is 0.324. The molecule has 0 aromatic carbocycles. The van der Waals surface area contributed by atoms with Gasteiger partial charge in [-0.1, -0.05) is 6.08 Å². The second kappa shape index (κ2) is 6.29. The first-order valence-corrected chi connectivity index (χ1v) is 7.59. The molecule has 2 aliphatic rings. The summed E-state index contributed by atoms with van der Waals surface area (Å²) in [6.07, 6.45) is 5.09. The zero-order valence-corrected chi connectivity index (χ0v) is 12.5. The Morgan fingerprint density at radius 3 is 2.73 bits per heavy atom. The Kier molecular flexibility index (Phi) is 4.22.